The van der Waals surface area contributed by atoms with Crippen LogP contribution in [0.2, 0.25) is 0 Å². The maximum absolute atomic E-state index is 12.4. The van der Waals surface area contributed by atoms with Gasteiger partial charge in [0.15, 0.2) is 0 Å². The third-order valence-electron chi connectivity index (χ3n) is 4.56. The molecular weight excluding hydrogens is 376 g/mol. The van der Waals surface area contributed by atoms with E-state index in [0.29, 0.717) is 38.5 Å². The highest BCUT2D eigenvalue weighted by Gasteiger charge is 2.24. The van der Waals surface area contributed by atoms with Gasteiger partial charge in [-0.1, -0.05) is 36.0 Å². The Morgan fingerprint density at radius 1 is 1.04 bits per heavy atom. The number of rotatable bonds is 5. The van der Waals surface area contributed by atoms with Crippen molar-refractivity contribution >= 4 is 23.8 Å². The van der Waals surface area contributed by atoms with Crippen LogP contribution in [0, 0.1) is 6.92 Å². The predicted octanol–water partition coefficient (Wildman–Crippen LogP) is 2.84. The first-order valence-corrected chi connectivity index (χ1v) is 10.3. The van der Waals surface area contributed by atoms with Gasteiger partial charge < -0.3 is 14.5 Å². The molecule has 1 saturated heterocycles. The summed E-state index contributed by atoms with van der Waals surface area (Å²) in [6, 6.07) is 11.9. The Bertz CT molecular complexity index is 820. The highest BCUT2D eigenvalue weighted by Crippen LogP contribution is 2.22. The standard InChI is InChI=1S/C20H24N4O3S/c1-3-27-20(26)24-12-10-23(11-13-24)19(25)14-28-18-9-8-17(21-22-18)16-7-5-4-6-15(16)2/h4-9H,3,10-14H2,1-2H3. The molecule has 0 radical (unpaired) electrons. The van der Waals surface area contributed by atoms with Crippen molar-refractivity contribution in [2.24, 2.45) is 0 Å². The zero-order valence-corrected chi connectivity index (χ0v) is 16.9. The van der Waals surface area contributed by atoms with E-state index in [1.54, 1.807) is 16.7 Å². The molecule has 148 valence electrons. The van der Waals surface area contributed by atoms with Crippen LogP contribution in [0.15, 0.2) is 41.4 Å². The van der Waals surface area contributed by atoms with E-state index in [-0.39, 0.29) is 12.0 Å². The molecule has 0 bridgehead atoms. The Balaban J connectivity index is 1.49. The molecule has 2 amide bonds. The van der Waals surface area contributed by atoms with E-state index in [0.717, 1.165) is 21.8 Å². The van der Waals surface area contributed by atoms with E-state index >= 15 is 0 Å². The van der Waals surface area contributed by atoms with Crippen LogP contribution >= 0.6 is 11.8 Å². The van der Waals surface area contributed by atoms with Crippen molar-refractivity contribution < 1.29 is 14.3 Å². The van der Waals surface area contributed by atoms with Gasteiger partial charge in [-0.3, -0.25) is 4.79 Å². The number of aryl methyl sites for hydroxylation is 1. The van der Waals surface area contributed by atoms with E-state index in [9.17, 15) is 9.59 Å². The summed E-state index contributed by atoms with van der Waals surface area (Å²) < 4.78 is 5.00. The fourth-order valence-corrected chi connectivity index (χ4v) is 3.70. The summed E-state index contributed by atoms with van der Waals surface area (Å²) in [6.07, 6.45) is -0.312. The van der Waals surface area contributed by atoms with Crippen LogP contribution in [0.4, 0.5) is 4.79 Å². The zero-order valence-electron chi connectivity index (χ0n) is 16.1. The van der Waals surface area contributed by atoms with Gasteiger partial charge in [0, 0.05) is 31.7 Å². The van der Waals surface area contributed by atoms with Crippen molar-refractivity contribution in [2.75, 3.05) is 38.5 Å². The number of hydrogen-bond acceptors (Lipinski definition) is 6. The van der Waals surface area contributed by atoms with Crippen LogP contribution < -0.4 is 0 Å². The third kappa shape index (κ3) is 5.01. The van der Waals surface area contributed by atoms with Gasteiger partial charge in [0.2, 0.25) is 5.91 Å². The number of piperazine rings is 1. The molecule has 1 aliphatic heterocycles. The smallest absolute Gasteiger partial charge is 0.409 e. The number of hydrogen-bond donors (Lipinski definition) is 0. The van der Waals surface area contributed by atoms with Crippen LogP contribution in [-0.2, 0) is 9.53 Å². The van der Waals surface area contributed by atoms with Crippen molar-refractivity contribution in [1.29, 1.82) is 0 Å². The molecule has 8 heteroatoms. The SMILES string of the molecule is CCOC(=O)N1CCN(C(=O)CSc2ccc(-c3ccccc3C)nn2)CC1. The van der Waals surface area contributed by atoms with Crippen LogP contribution in [0.5, 0.6) is 0 Å². The molecule has 0 N–H and O–H groups in total. The lowest BCUT2D eigenvalue weighted by molar-refractivity contribution is -0.129. The highest BCUT2D eigenvalue weighted by atomic mass is 32.2. The molecule has 2 heterocycles. The first-order valence-electron chi connectivity index (χ1n) is 9.30. The Kier molecular flexibility index (Phi) is 6.86. The van der Waals surface area contributed by atoms with Crippen molar-refractivity contribution in [3.8, 4) is 11.3 Å². The largest absolute Gasteiger partial charge is 0.450 e. The van der Waals surface area contributed by atoms with Gasteiger partial charge in [0.1, 0.15) is 5.03 Å². The molecule has 0 saturated carbocycles. The highest BCUT2D eigenvalue weighted by molar-refractivity contribution is 7.99. The molecule has 0 spiro atoms. The Hall–Kier alpha value is -2.61. The molecule has 1 fully saturated rings. The normalized spacial score (nSPS) is 14.1. The van der Waals surface area contributed by atoms with E-state index in [4.69, 9.17) is 4.74 Å². The lowest BCUT2D eigenvalue weighted by Crippen LogP contribution is -2.51. The number of ether oxygens (including phenoxy) is 1. The summed E-state index contributed by atoms with van der Waals surface area (Å²) >= 11 is 1.38. The summed E-state index contributed by atoms with van der Waals surface area (Å²) in [6.45, 7) is 6.23. The molecule has 3 rings (SSSR count). The molecule has 0 aliphatic carbocycles. The van der Waals surface area contributed by atoms with Gasteiger partial charge in [0.25, 0.3) is 0 Å². The number of nitrogens with zero attached hydrogens (tertiary/aromatic N) is 4. The molecule has 1 aromatic carbocycles. The number of carbonyl (C=O) groups excluding carboxylic acids is 2. The molecular formula is C20H24N4O3S. The van der Waals surface area contributed by atoms with Crippen molar-refractivity contribution in [3.63, 3.8) is 0 Å². The number of amides is 2. The molecule has 1 aromatic heterocycles. The van der Waals surface area contributed by atoms with Gasteiger partial charge >= 0.3 is 6.09 Å². The summed E-state index contributed by atoms with van der Waals surface area (Å²) in [5.74, 6) is 0.343. The number of aromatic nitrogens is 2. The zero-order chi connectivity index (χ0) is 19.9. The summed E-state index contributed by atoms with van der Waals surface area (Å²) in [4.78, 5) is 27.6. The van der Waals surface area contributed by atoms with Gasteiger partial charge in [-0.2, -0.15) is 0 Å². The average molecular weight is 401 g/mol. The molecule has 1 aliphatic rings. The Morgan fingerprint density at radius 3 is 2.39 bits per heavy atom. The van der Waals surface area contributed by atoms with Crippen molar-refractivity contribution in [1.82, 2.24) is 20.0 Å². The maximum atomic E-state index is 12.4. The van der Waals surface area contributed by atoms with Crippen LogP contribution in [0.1, 0.15) is 12.5 Å². The van der Waals surface area contributed by atoms with E-state index in [1.807, 2.05) is 43.3 Å². The number of benzene rings is 1. The van der Waals surface area contributed by atoms with Crippen LogP contribution in [0.3, 0.4) is 0 Å². The number of carbonyl (C=O) groups is 2. The van der Waals surface area contributed by atoms with Gasteiger partial charge in [-0.25, -0.2) is 4.79 Å². The monoisotopic (exact) mass is 400 g/mol. The second kappa shape index (κ2) is 9.54. The maximum Gasteiger partial charge on any atom is 0.409 e. The first kappa shape index (κ1) is 20.1. The quantitative estimate of drug-likeness (QED) is 0.719. The summed E-state index contributed by atoms with van der Waals surface area (Å²) in [5.41, 5.74) is 3.03. The van der Waals surface area contributed by atoms with Crippen LogP contribution in [-0.4, -0.2) is 70.5 Å². The van der Waals surface area contributed by atoms with E-state index in [1.165, 1.54) is 11.8 Å². The van der Waals surface area contributed by atoms with Crippen molar-refractivity contribution in [2.45, 2.75) is 18.9 Å². The van der Waals surface area contributed by atoms with Crippen LogP contribution in [0.25, 0.3) is 11.3 Å². The minimum Gasteiger partial charge on any atom is -0.450 e. The Labute approximate surface area is 169 Å². The molecule has 28 heavy (non-hydrogen) atoms. The Morgan fingerprint density at radius 2 is 1.75 bits per heavy atom. The minimum atomic E-state index is -0.312. The third-order valence-corrected chi connectivity index (χ3v) is 5.47. The first-order chi connectivity index (χ1) is 13.6. The predicted molar refractivity (Wildman–Crippen MR) is 108 cm³/mol. The minimum absolute atomic E-state index is 0.0401. The van der Waals surface area contributed by atoms with E-state index < -0.39 is 0 Å². The van der Waals surface area contributed by atoms with Gasteiger partial charge in [0.05, 0.1) is 18.1 Å². The average Bonchev–Trinajstić information content (AvgIpc) is 2.73. The van der Waals surface area contributed by atoms with Crippen molar-refractivity contribution in [3.05, 3.63) is 42.0 Å². The second-order valence-electron chi connectivity index (χ2n) is 6.43. The fraction of sp³-hybridized carbons (Fsp3) is 0.400. The fourth-order valence-electron chi connectivity index (χ4n) is 2.98. The van der Waals surface area contributed by atoms with Gasteiger partial charge in [-0.05, 0) is 31.5 Å². The summed E-state index contributed by atoms with van der Waals surface area (Å²) in [5, 5.41) is 9.25. The molecule has 7 nitrogen and oxygen atoms in total. The van der Waals surface area contributed by atoms with E-state index in [2.05, 4.69) is 10.2 Å². The summed E-state index contributed by atoms with van der Waals surface area (Å²) in [7, 11) is 0. The molecule has 0 atom stereocenters. The second-order valence-corrected chi connectivity index (χ2v) is 7.42. The number of thioether (sulfide) groups is 1. The lowest BCUT2D eigenvalue weighted by atomic mass is 10.1. The van der Waals surface area contributed by atoms with Gasteiger partial charge in [-0.15, -0.1) is 10.2 Å². The molecule has 2 aromatic rings. The molecule has 0 unspecified atom stereocenters. The topological polar surface area (TPSA) is 75.6 Å². The lowest BCUT2D eigenvalue weighted by Gasteiger charge is -2.34.